The monoisotopic (exact) mass is 196 g/mol. The van der Waals surface area contributed by atoms with E-state index in [0.29, 0.717) is 18.2 Å². The molecule has 0 radical (unpaired) electrons. The Labute approximate surface area is 83.8 Å². The molecule has 1 unspecified atom stereocenters. The van der Waals surface area contributed by atoms with Crippen LogP contribution in [0.2, 0.25) is 0 Å². The molecule has 0 aromatic heterocycles. The molecule has 0 aromatic rings. The predicted molar refractivity (Wildman–Crippen MR) is 50.9 cm³/mol. The molecule has 3 saturated heterocycles. The van der Waals surface area contributed by atoms with E-state index in [-0.39, 0.29) is 12.0 Å². The van der Waals surface area contributed by atoms with Crippen LogP contribution in [0.15, 0.2) is 0 Å². The highest BCUT2D eigenvalue weighted by molar-refractivity contribution is 5.73. The van der Waals surface area contributed by atoms with Crippen LogP contribution in [-0.4, -0.2) is 60.1 Å². The molecule has 4 heteroatoms. The number of hydrogen-bond acceptors (Lipinski definition) is 3. The minimum atomic E-state index is 0.151. The van der Waals surface area contributed by atoms with Gasteiger partial charge in [-0.2, -0.15) is 0 Å². The predicted octanol–water partition coefficient (Wildman–Crippen LogP) is -0.311. The largest absolute Gasteiger partial charge is 0.370 e. The van der Waals surface area contributed by atoms with E-state index in [2.05, 4.69) is 4.90 Å². The molecule has 0 saturated carbocycles. The van der Waals surface area contributed by atoms with Crippen molar-refractivity contribution in [3.63, 3.8) is 0 Å². The summed E-state index contributed by atoms with van der Waals surface area (Å²) in [6.45, 7) is 3.80. The summed E-state index contributed by atoms with van der Waals surface area (Å²) in [5, 5.41) is 0. The van der Waals surface area contributed by atoms with Crippen LogP contribution in [0.25, 0.3) is 0 Å². The van der Waals surface area contributed by atoms with Gasteiger partial charge >= 0.3 is 0 Å². The fourth-order valence-corrected chi connectivity index (χ4v) is 3.24. The number of ether oxygens (including phenoxy) is 1. The normalized spacial score (nSPS) is 44.7. The van der Waals surface area contributed by atoms with Crippen LogP contribution in [0.1, 0.15) is 13.3 Å². The van der Waals surface area contributed by atoms with E-state index in [1.807, 2.05) is 11.9 Å². The lowest BCUT2D eigenvalue weighted by molar-refractivity contribution is -0.130. The second kappa shape index (κ2) is 2.70. The Balaban J connectivity index is 1.87. The molecule has 4 nitrogen and oxygen atoms in total. The lowest BCUT2D eigenvalue weighted by atomic mass is 10.1. The molecule has 0 aliphatic carbocycles. The first-order chi connectivity index (χ1) is 6.68. The Kier molecular flexibility index (Phi) is 1.67. The number of rotatable bonds is 1. The van der Waals surface area contributed by atoms with Crippen LogP contribution in [0.5, 0.6) is 0 Å². The summed E-state index contributed by atoms with van der Waals surface area (Å²) in [5.74, 6) is 0.151. The van der Waals surface area contributed by atoms with Gasteiger partial charge in [0.05, 0.1) is 24.3 Å². The van der Waals surface area contributed by atoms with E-state index in [9.17, 15) is 4.79 Å². The topological polar surface area (TPSA) is 32.8 Å². The third kappa shape index (κ3) is 0.929. The Morgan fingerprint density at radius 1 is 1.50 bits per heavy atom. The number of carbonyl (C=O) groups is 1. The standard InChI is InChI=1S/C10H16N2O2/c1-6(13)11(2)9-8-5-12-4-3-7(14-8)10(9)12/h7-10H,3-5H2,1-2H3/t7?,8-,9+,10-/m1/s1. The summed E-state index contributed by atoms with van der Waals surface area (Å²) in [6, 6.07) is 0.786. The number of likely N-dealkylation sites (N-methyl/N-ethyl adjacent to an activating group) is 1. The Morgan fingerprint density at radius 3 is 2.93 bits per heavy atom. The van der Waals surface area contributed by atoms with E-state index < -0.39 is 0 Å². The SMILES string of the molecule is CC(=O)N(C)[C@@H]1[C@H]2C3CCN2C[C@H]1O3. The molecule has 1 amide bonds. The number of nitrogens with zero attached hydrogens (tertiary/aromatic N) is 2. The maximum absolute atomic E-state index is 11.3. The maximum Gasteiger partial charge on any atom is 0.219 e. The highest BCUT2D eigenvalue weighted by Crippen LogP contribution is 2.41. The first-order valence-electron chi connectivity index (χ1n) is 5.31. The molecule has 0 N–H and O–H groups in total. The molecule has 3 heterocycles. The number of morpholine rings is 1. The third-order valence-electron chi connectivity index (χ3n) is 3.94. The van der Waals surface area contributed by atoms with Crippen molar-refractivity contribution in [1.29, 1.82) is 0 Å². The van der Waals surface area contributed by atoms with Gasteiger partial charge in [-0.25, -0.2) is 0 Å². The second-order valence-corrected chi connectivity index (χ2v) is 4.61. The van der Waals surface area contributed by atoms with E-state index in [4.69, 9.17) is 4.74 Å². The smallest absolute Gasteiger partial charge is 0.219 e. The van der Waals surface area contributed by atoms with Crippen LogP contribution >= 0.6 is 0 Å². The number of hydrogen-bond donors (Lipinski definition) is 0. The van der Waals surface area contributed by atoms with Gasteiger partial charge in [0, 0.05) is 27.1 Å². The quantitative estimate of drug-likeness (QED) is 0.576. The van der Waals surface area contributed by atoms with Gasteiger partial charge in [-0.15, -0.1) is 0 Å². The molecule has 14 heavy (non-hydrogen) atoms. The van der Waals surface area contributed by atoms with Crippen molar-refractivity contribution >= 4 is 5.91 Å². The molecular weight excluding hydrogens is 180 g/mol. The molecule has 3 aliphatic heterocycles. The molecular formula is C10H16N2O2. The van der Waals surface area contributed by atoms with E-state index in [0.717, 1.165) is 19.5 Å². The maximum atomic E-state index is 11.3. The fourth-order valence-electron chi connectivity index (χ4n) is 3.24. The third-order valence-corrected chi connectivity index (χ3v) is 3.94. The lowest BCUT2D eigenvalue weighted by Crippen LogP contribution is -2.45. The lowest BCUT2D eigenvalue weighted by Gasteiger charge is -2.26. The van der Waals surface area contributed by atoms with Gasteiger partial charge in [0.2, 0.25) is 5.91 Å². The Hall–Kier alpha value is -0.610. The van der Waals surface area contributed by atoms with Gasteiger partial charge in [0.1, 0.15) is 0 Å². The van der Waals surface area contributed by atoms with Crippen LogP contribution in [-0.2, 0) is 9.53 Å². The molecule has 78 valence electrons. The van der Waals surface area contributed by atoms with Gasteiger partial charge in [-0.3, -0.25) is 9.69 Å². The number of carbonyl (C=O) groups excluding carboxylic acids is 1. The molecule has 3 fully saturated rings. The molecule has 3 rings (SSSR count). The minimum absolute atomic E-state index is 0.151. The highest BCUT2D eigenvalue weighted by atomic mass is 16.5. The number of amides is 1. The molecule has 0 spiro atoms. The van der Waals surface area contributed by atoms with Crippen LogP contribution in [0, 0.1) is 0 Å². The van der Waals surface area contributed by atoms with Gasteiger partial charge in [-0.05, 0) is 6.42 Å². The molecule has 4 atom stereocenters. The molecule has 0 aromatic carbocycles. The van der Waals surface area contributed by atoms with Crippen molar-refractivity contribution in [2.45, 2.75) is 37.6 Å². The highest BCUT2D eigenvalue weighted by Gasteiger charge is 2.58. The second-order valence-electron chi connectivity index (χ2n) is 4.61. The van der Waals surface area contributed by atoms with Crippen molar-refractivity contribution in [3.8, 4) is 0 Å². The van der Waals surface area contributed by atoms with E-state index in [1.165, 1.54) is 0 Å². The van der Waals surface area contributed by atoms with Crippen LogP contribution in [0.4, 0.5) is 0 Å². The first-order valence-corrected chi connectivity index (χ1v) is 5.31. The van der Waals surface area contributed by atoms with Gasteiger partial charge in [0.25, 0.3) is 0 Å². The van der Waals surface area contributed by atoms with Crippen molar-refractivity contribution in [2.24, 2.45) is 0 Å². The van der Waals surface area contributed by atoms with Crippen molar-refractivity contribution < 1.29 is 9.53 Å². The van der Waals surface area contributed by atoms with Crippen molar-refractivity contribution in [1.82, 2.24) is 9.80 Å². The van der Waals surface area contributed by atoms with Gasteiger partial charge in [-0.1, -0.05) is 0 Å². The zero-order valence-corrected chi connectivity index (χ0v) is 8.64. The summed E-state index contributed by atoms with van der Waals surface area (Å²) < 4.78 is 5.90. The Bertz CT molecular complexity index is 267. The number of fused-ring (bicyclic) bond motifs is 1. The fraction of sp³-hybridized carbons (Fsp3) is 0.900. The Morgan fingerprint density at radius 2 is 2.29 bits per heavy atom. The average molecular weight is 196 g/mol. The van der Waals surface area contributed by atoms with Gasteiger partial charge < -0.3 is 9.64 Å². The minimum Gasteiger partial charge on any atom is -0.370 e. The van der Waals surface area contributed by atoms with E-state index >= 15 is 0 Å². The summed E-state index contributed by atoms with van der Waals surface area (Å²) >= 11 is 0. The zero-order valence-electron chi connectivity index (χ0n) is 8.64. The summed E-state index contributed by atoms with van der Waals surface area (Å²) in [7, 11) is 1.90. The molecule has 2 bridgehead atoms. The van der Waals surface area contributed by atoms with E-state index in [1.54, 1.807) is 6.92 Å². The first kappa shape index (κ1) is 8.68. The zero-order chi connectivity index (χ0) is 9.87. The van der Waals surface area contributed by atoms with Crippen LogP contribution in [0.3, 0.4) is 0 Å². The van der Waals surface area contributed by atoms with Crippen molar-refractivity contribution in [3.05, 3.63) is 0 Å². The molecule has 3 aliphatic rings. The summed E-state index contributed by atoms with van der Waals surface area (Å²) in [5.41, 5.74) is 0. The van der Waals surface area contributed by atoms with Crippen molar-refractivity contribution in [2.75, 3.05) is 20.1 Å². The van der Waals surface area contributed by atoms with Gasteiger partial charge in [0.15, 0.2) is 0 Å². The summed E-state index contributed by atoms with van der Waals surface area (Å²) in [6.07, 6.45) is 1.80. The summed E-state index contributed by atoms with van der Waals surface area (Å²) in [4.78, 5) is 15.7. The van der Waals surface area contributed by atoms with Crippen LogP contribution < -0.4 is 0 Å². The average Bonchev–Trinajstić information content (AvgIpc) is 2.70.